The number of rotatable bonds is 4. The van der Waals surface area contributed by atoms with Gasteiger partial charge >= 0.3 is 5.97 Å². The van der Waals surface area contributed by atoms with Crippen molar-refractivity contribution in [2.75, 3.05) is 7.11 Å². The van der Waals surface area contributed by atoms with Gasteiger partial charge in [-0.1, -0.05) is 31.6 Å². The molecule has 0 spiro atoms. The highest BCUT2D eigenvalue weighted by molar-refractivity contribution is 7.14. The fourth-order valence-electron chi connectivity index (χ4n) is 3.14. The molecule has 1 aromatic rings. The molecule has 0 saturated heterocycles. The predicted octanol–water partition coefficient (Wildman–Crippen LogP) is 6.02. The molecular formula is C20H26O2S. The topological polar surface area (TPSA) is 26.3 Å². The van der Waals surface area contributed by atoms with Gasteiger partial charge < -0.3 is 4.74 Å². The van der Waals surface area contributed by atoms with Crippen LogP contribution in [0.4, 0.5) is 0 Å². The second-order valence-corrected chi connectivity index (χ2v) is 7.96. The fourth-order valence-corrected chi connectivity index (χ4v) is 4.08. The Bertz CT molecular complexity index is 672. The third kappa shape index (κ3) is 4.44. The van der Waals surface area contributed by atoms with E-state index >= 15 is 0 Å². The second-order valence-electron chi connectivity index (χ2n) is 6.85. The number of esters is 1. The van der Waals surface area contributed by atoms with Crippen molar-refractivity contribution in [1.29, 1.82) is 0 Å². The summed E-state index contributed by atoms with van der Waals surface area (Å²) in [7, 11) is 1.41. The first kappa shape index (κ1) is 17.7. The Hall–Kier alpha value is -1.61. The number of ether oxygens (including phenoxy) is 1. The van der Waals surface area contributed by atoms with Crippen LogP contribution in [-0.2, 0) is 4.74 Å². The number of methoxy groups -OCH3 is 1. The van der Waals surface area contributed by atoms with Gasteiger partial charge in [-0.3, -0.25) is 0 Å². The van der Waals surface area contributed by atoms with Gasteiger partial charge in [0.25, 0.3) is 0 Å². The van der Waals surface area contributed by atoms with Gasteiger partial charge in [0.15, 0.2) is 0 Å². The number of thiophene rings is 1. The first-order chi connectivity index (χ1) is 10.8. The SMILES string of the molecule is COC(=O)c1ccc(/C=C(C)/C=C/C2=C(C)CCCC2(C)C)s1. The molecule has 0 atom stereocenters. The van der Waals surface area contributed by atoms with Gasteiger partial charge in [-0.25, -0.2) is 4.79 Å². The summed E-state index contributed by atoms with van der Waals surface area (Å²) < 4.78 is 4.75. The highest BCUT2D eigenvalue weighted by Gasteiger charge is 2.26. The summed E-state index contributed by atoms with van der Waals surface area (Å²) in [6, 6.07) is 3.78. The minimum absolute atomic E-state index is 0.264. The molecule has 0 saturated carbocycles. The molecule has 3 heteroatoms. The number of hydrogen-bond donors (Lipinski definition) is 0. The van der Waals surface area contributed by atoms with Crippen LogP contribution in [0.1, 0.15) is 61.5 Å². The highest BCUT2D eigenvalue weighted by atomic mass is 32.1. The number of hydrogen-bond acceptors (Lipinski definition) is 3. The van der Waals surface area contributed by atoms with Crippen molar-refractivity contribution in [3.8, 4) is 0 Å². The summed E-state index contributed by atoms with van der Waals surface area (Å²) in [4.78, 5) is 13.2. The molecule has 0 radical (unpaired) electrons. The molecule has 0 unspecified atom stereocenters. The molecule has 0 fully saturated rings. The van der Waals surface area contributed by atoms with Gasteiger partial charge in [0.1, 0.15) is 4.88 Å². The standard InChI is InChI=1S/C20H26O2S/c1-14(13-16-9-11-18(23-16)19(21)22-5)8-10-17-15(2)7-6-12-20(17,3)4/h8-11,13H,6-7,12H2,1-5H3/b10-8+,14-13+. The summed E-state index contributed by atoms with van der Waals surface area (Å²) >= 11 is 1.46. The Morgan fingerprint density at radius 3 is 2.74 bits per heavy atom. The van der Waals surface area contributed by atoms with Crippen LogP contribution < -0.4 is 0 Å². The van der Waals surface area contributed by atoms with Gasteiger partial charge in [0, 0.05) is 4.88 Å². The van der Waals surface area contributed by atoms with E-state index in [4.69, 9.17) is 4.74 Å². The van der Waals surface area contributed by atoms with Crippen LogP contribution in [0.5, 0.6) is 0 Å². The van der Waals surface area contributed by atoms with Gasteiger partial charge in [0.05, 0.1) is 7.11 Å². The van der Waals surface area contributed by atoms with E-state index in [2.05, 4.69) is 45.9 Å². The zero-order valence-electron chi connectivity index (χ0n) is 14.7. The maximum Gasteiger partial charge on any atom is 0.348 e. The van der Waals surface area contributed by atoms with Gasteiger partial charge in [0.2, 0.25) is 0 Å². The van der Waals surface area contributed by atoms with Crippen LogP contribution in [0.3, 0.4) is 0 Å². The molecule has 0 aromatic carbocycles. The summed E-state index contributed by atoms with van der Waals surface area (Å²) in [5, 5.41) is 0. The fraction of sp³-hybridized carbons (Fsp3) is 0.450. The zero-order chi connectivity index (χ0) is 17.0. The van der Waals surface area contributed by atoms with Crippen LogP contribution in [0.25, 0.3) is 6.08 Å². The average molecular weight is 330 g/mol. The Morgan fingerprint density at radius 2 is 2.09 bits per heavy atom. The van der Waals surface area contributed by atoms with Crippen LogP contribution in [-0.4, -0.2) is 13.1 Å². The summed E-state index contributed by atoms with van der Waals surface area (Å²) in [6.07, 6.45) is 10.3. The summed E-state index contributed by atoms with van der Waals surface area (Å²) in [5.74, 6) is -0.271. The molecule has 0 bridgehead atoms. The van der Waals surface area contributed by atoms with Crippen LogP contribution in [0, 0.1) is 5.41 Å². The molecule has 2 nitrogen and oxygen atoms in total. The first-order valence-electron chi connectivity index (χ1n) is 8.08. The summed E-state index contributed by atoms with van der Waals surface area (Å²) in [5.41, 5.74) is 4.43. The van der Waals surface area contributed by atoms with E-state index in [1.54, 1.807) is 0 Å². The number of carbonyl (C=O) groups is 1. The van der Waals surface area contributed by atoms with E-state index < -0.39 is 0 Å². The van der Waals surface area contributed by atoms with E-state index in [1.165, 1.54) is 54.4 Å². The van der Waals surface area contributed by atoms with E-state index in [-0.39, 0.29) is 11.4 Å². The monoisotopic (exact) mass is 330 g/mol. The second kappa shape index (κ2) is 7.31. The highest BCUT2D eigenvalue weighted by Crippen LogP contribution is 2.40. The lowest BCUT2D eigenvalue weighted by atomic mass is 9.72. The molecule has 1 aromatic heterocycles. The maximum absolute atomic E-state index is 11.5. The third-order valence-electron chi connectivity index (χ3n) is 4.44. The van der Waals surface area contributed by atoms with Crippen LogP contribution in [0.15, 0.2) is 41.0 Å². The Morgan fingerprint density at radius 1 is 1.35 bits per heavy atom. The quantitative estimate of drug-likeness (QED) is 0.498. The lowest BCUT2D eigenvalue weighted by molar-refractivity contribution is 0.0606. The van der Waals surface area contributed by atoms with Gasteiger partial charge in [-0.2, -0.15) is 0 Å². The van der Waals surface area contributed by atoms with E-state index in [0.717, 1.165) is 4.88 Å². The van der Waals surface area contributed by atoms with Crippen molar-refractivity contribution in [3.63, 3.8) is 0 Å². The molecule has 0 N–H and O–H groups in total. The lowest BCUT2D eigenvalue weighted by Gasteiger charge is -2.32. The molecule has 2 rings (SSSR count). The minimum atomic E-state index is -0.271. The molecule has 23 heavy (non-hydrogen) atoms. The molecule has 1 aliphatic carbocycles. The minimum Gasteiger partial charge on any atom is -0.465 e. The number of carbonyl (C=O) groups excluding carboxylic acids is 1. The Balaban J connectivity index is 2.16. The molecule has 124 valence electrons. The van der Waals surface area contributed by atoms with Gasteiger partial charge in [-0.15, -0.1) is 11.3 Å². The maximum atomic E-state index is 11.5. The zero-order valence-corrected chi connectivity index (χ0v) is 15.5. The predicted molar refractivity (Wildman–Crippen MR) is 98.8 cm³/mol. The largest absolute Gasteiger partial charge is 0.465 e. The van der Waals surface area contributed by atoms with E-state index in [0.29, 0.717) is 4.88 Å². The van der Waals surface area contributed by atoms with Crippen molar-refractivity contribution in [2.45, 2.75) is 47.0 Å². The smallest absolute Gasteiger partial charge is 0.348 e. The van der Waals surface area contributed by atoms with E-state index in [1.807, 2.05) is 12.1 Å². The van der Waals surface area contributed by atoms with Crippen LogP contribution in [0.2, 0.25) is 0 Å². The van der Waals surface area contributed by atoms with Crippen molar-refractivity contribution in [3.05, 3.63) is 50.8 Å². The summed E-state index contributed by atoms with van der Waals surface area (Å²) in [6.45, 7) is 9.01. The molecule has 0 amide bonds. The van der Waals surface area contributed by atoms with Crippen LogP contribution >= 0.6 is 11.3 Å². The molecule has 1 heterocycles. The van der Waals surface area contributed by atoms with Crippen molar-refractivity contribution >= 4 is 23.4 Å². The third-order valence-corrected chi connectivity index (χ3v) is 5.45. The van der Waals surface area contributed by atoms with E-state index in [9.17, 15) is 4.79 Å². The molecular weight excluding hydrogens is 304 g/mol. The Kier molecular flexibility index (Phi) is 5.64. The first-order valence-corrected chi connectivity index (χ1v) is 8.90. The average Bonchev–Trinajstić information content (AvgIpc) is 2.93. The van der Waals surface area contributed by atoms with Crippen molar-refractivity contribution < 1.29 is 9.53 Å². The molecule has 1 aliphatic rings. The normalized spacial score (nSPS) is 18.6. The Labute approximate surface area is 143 Å². The number of allylic oxidation sites excluding steroid dienone is 5. The molecule has 0 aliphatic heterocycles. The van der Waals surface area contributed by atoms with Gasteiger partial charge in [-0.05, 0) is 67.9 Å². The van der Waals surface area contributed by atoms with Crippen molar-refractivity contribution in [1.82, 2.24) is 0 Å². The van der Waals surface area contributed by atoms with Crippen molar-refractivity contribution in [2.24, 2.45) is 5.41 Å². The lowest BCUT2D eigenvalue weighted by Crippen LogP contribution is -2.19.